The summed E-state index contributed by atoms with van der Waals surface area (Å²) >= 11 is 0. The first-order chi connectivity index (χ1) is 12.3. The molecule has 2 heterocycles. The average molecular weight is 333 g/mol. The number of nitrogens with zero attached hydrogens (tertiary/aromatic N) is 5. The van der Waals surface area contributed by atoms with Crippen molar-refractivity contribution >= 4 is 16.9 Å². The van der Waals surface area contributed by atoms with Crippen molar-refractivity contribution in [2.24, 2.45) is 0 Å². The number of aromatic amines is 1. The van der Waals surface area contributed by atoms with Crippen LogP contribution in [0.15, 0.2) is 54.9 Å². The molecule has 4 rings (SSSR count). The molecule has 25 heavy (non-hydrogen) atoms. The van der Waals surface area contributed by atoms with Gasteiger partial charge in [0.25, 0.3) is 5.91 Å². The topological polar surface area (TPSA) is 101 Å². The van der Waals surface area contributed by atoms with Crippen LogP contribution in [0.1, 0.15) is 16.2 Å². The monoisotopic (exact) mass is 333 g/mol. The number of nitrogens with one attached hydrogen (secondary N) is 2. The van der Waals surface area contributed by atoms with Crippen molar-refractivity contribution in [1.29, 1.82) is 0 Å². The van der Waals surface area contributed by atoms with Crippen molar-refractivity contribution in [2.45, 2.75) is 6.42 Å². The number of hydrogen-bond donors (Lipinski definition) is 2. The van der Waals surface area contributed by atoms with Gasteiger partial charge in [0, 0.05) is 18.5 Å². The second-order valence-electron chi connectivity index (χ2n) is 5.51. The van der Waals surface area contributed by atoms with Crippen LogP contribution in [0, 0.1) is 0 Å². The number of carbonyl (C=O) groups is 1. The number of rotatable bonds is 5. The molecule has 0 aliphatic rings. The van der Waals surface area contributed by atoms with E-state index in [-0.39, 0.29) is 5.91 Å². The van der Waals surface area contributed by atoms with Crippen molar-refractivity contribution in [3.05, 3.63) is 66.2 Å². The molecule has 0 saturated carbocycles. The molecule has 124 valence electrons. The summed E-state index contributed by atoms with van der Waals surface area (Å²) < 4.78 is 1.53. The van der Waals surface area contributed by atoms with Gasteiger partial charge in [0.1, 0.15) is 12.2 Å². The van der Waals surface area contributed by atoms with E-state index in [4.69, 9.17) is 0 Å². The van der Waals surface area contributed by atoms with Crippen LogP contribution < -0.4 is 5.32 Å². The van der Waals surface area contributed by atoms with Crippen LogP contribution in [0.5, 0.6) is 0 Å². The minimum Gasteiger partial charge on any atom is -0.352 e. The van der Waals surface area contributed by atoms with Crippen LogP contribution in [0.4, 0.5) is 0 Å². The highest BCUT2D eigenvalue weighted by molar-refractivity contribution is 5.94. The van der Waals surface area contributed by atoms with Crippen molar-refractivity contribution in [1.82, 2.24) is 35.5 Å². The van der Waals surface area contributed by atoms with Crippen LogP contribution in [0.3, 0.4) is 0 Å². The Labute approximate surface area is 142 Å². The number of aromatic nitrogens is 6. The van der Waals surface area contributed by atoms with Crippen molar-refractivity contribution in [3.63, 3.8) is 0 Å². The van der Waals surface area contributed by atoms with Gasteiger partial charge in [-0.3, -0.25) is 4.79 Å². The zero-order chi connectivity index (χ0) is 17.1. The van der Waals surface area contributed by atoms with Gasteiger partial charge in [0.05, 0.1) is 16.7 Å². The fourth-order valence-corrected chi connectivity index (χ4v) is 2.57. The second-order valence-corrected chi connectivity index (χ2v) is 5.51. The lowest BCUT2D eigenvalue weighted by atomic mass is 10.2. The lowest BCUT2D eigenvalue weighted by Gasteiger charge is -2.05. The van der Waals surface area contributed by atoms with Crippen LogP contribution in [0.25, 0.3) is 16.7 Å². The molecule has 8 heteroatoms. The Morgan fingerprint density at radius 1 is 1.12 bits per heavy atom. The fraction of sp³-hybridized carbons (Fsp3) is 0.118. The predicted octanol–water partition coefficient (Wildman–Crippen LogP) is 1.51. The van der Waals surface area contributed by atoms with Gasteiger partial charge in [-0.2, -0.15) is 0 Å². The summed E-state index contributed by atoms with van der Waals surface area (Å²) in [6.07, 6.45) is 2.14. The number of hydrogen-bond acceptors (Lipinski definition) is 5. The van der Waals surface area contributed by atoms with E-state index in [0.717, 1.165) is 22.5 Å². The van der Waals surface area contributed by atoms with Gasteiger partial charge in [-0.25, -0.2) is 9.67 Å². The maximum atomic E-state index is 12.2. The number of imidazole rings is 1. The van der Waals surface area contributed by atoms with E-state index < -0.39 is 0 Å². The molecule has 0 aliphatic carbocycles. The maximum absolute atomic E-state index is 12.2. The highest BCUT2D eigenvalue weighted by atomic mass is 16.1. The van der Waals surface area contributed by atoms with Gasteiger partial charge in [0.2, 0.25) is 0 Å². The molecule has 4 aromatic rings. The quantitative estimate of drug-likeness (QED) is 0.576. The molecule has 0 fully saturated rings. The third-order valence-electron chi connectivity index (χ3n) is 3.83. The first kappa shape index (κ1) is 15.0. The van der Waals surface area contributed by atoms with Crippen molar-refractivity contribution in [2.75, 3.05) is 6.54 Å². The number of tetrazole rings is 1. The molecule has 0 atom stereocenters. The summed E-state index contributed by atoms with van der Waals surface area (Å²) in [6.45, 7) is 0.507. The van der Waals surface area contributed by atoms with Crippen LogP contribution >= 0.6 is 0 Å². The summed E-state index contributed by atoms with van der Waals surface area (Å²) in [5.41, 5.74) is 3.31. The van der Waals surface area contributed by atoms with Crippen molar-refractivity contribution in [3.8, 4) is 5.69 Å². The standard InChI is InChI=1S/C17H15N7O/c25-17(12-5-7-13(8-6-12)24-11-19-22-23-24)18-10-9-16-20-14-3-1-2-4-15(14)21-16/h1-8,11H,9-10H2,(H,18,25)(H,20,21). The molecule has 1 amide bonds. The van der Waals surface area contributed by atoms with Crippen LogP contribution in [0.2, 0.25) is 0 Å². The Balaban J connectivity index is 1.35. The minimum atomic E-state index is -0.126. The second kappa shape index (κ2) is 6.52. The molecular formula is C17H15N7O. The first-order valence-electron chi connectivity index (χ1n) is 7.85. The van der Waals surface area contributed by atoms with Gasteiger partial charge in [0.15, 0.2) is 0 Å². The Hall–Kier alpha value is -3.55. The lowest BCUT2D eigenvalue weighted by molar-refractivity contribution is 0.0954. The first-order valence-corrected chi connectivity index (χ1v) is 7.85. The molecule has 0 aliphatic heterocycles. The van der Waals surface area contributed by atoms with Gasteiger partial charge in [-0.05, 0) is 46.8 Å². The largest absolute Gasteiger partial charge is 0.352 e. The molecule has 8 nitrogen and oxygen atoms in total. The van der Waals surface area contributed by atoms with Crippen molar-refractivity contribution < 1.29 is 4.79 Å². The summed E-state index contributed by atoms with van der Waals surface area (Å²) in [7, 11) is 0. The Bertz CT molecular complexity index is 956. The van der Waals surface area contributed by atoms with E-state index in [1.165, 1.54) is 11.0 Å². The Morgan fingerprint density at radius 3 is 2.72 bits per heavy atom. The zero-order valence-electron chi connectivity index (χ0n) is 13.3. The zero-order valence-corrected chi connectivity index (χ0v) is 13.3. The van der Waals surface area contributed by atoms with Crippen LogP contribution in [-0.2, 0) is 6.42 Å². The smallest absolute Gasteiger partial charge is 0.251 e. The van der Waals surface area contributed by atoms with Gasteiger partial charge >= 0.3 is 0 Å². The third kappa shape index (κ3) is 3.23. The van der Waals surface area contributed by atoms with Gasteiger partial charge in [-0.15, -0.1) is 5.10 Å². The Morgan fingerprint density at radius 2 is 1.96 bits per heavy atom. The molecule has 0 saturated heterocycles. The molecule has 2 aromatic heterocycles. The summed E-state index contributed by atoms with van der Waals surface area (Å²) in [5, 5.41) is 13.9. The number of carbonyl (C=O) groups excluding carboxylic acids is 1. The fourth-order valence-electron chi connectivity index (χ4n) is 2.57. The average Bonchev–Trinajstić information content (AvgIpc) is 3.31. The lowest BCUT2D eigenvalue weighted by Crippen LogP contribution is -2.25. The van der Waals surface area contributed by atoms with Crippen LogP contribution in [-0.4, -0.2) is 42.6 Å². The number of H-pyrrole nitrogens is 1. The summed E-state index contributed by atoms with van der Waals surface area (Å²) in [4.78, 5) is 20.0. The highest BCUT2D eigenvalue weighted by Gasteiger charge is 2.07. The normalized spacial score (nSPS) is 10.9. The van der Waals surface area contributed by atoms with E-state index in [1.807, 2.05) is 24.3 Å². The SMILES string of the molecule is O=C(NCCc1nc2ccccc2[nH]1)c1ccc(-n2cnnn2)cc1. The highest BCUT2D eigenvalue weighted by Crippen LogP contribution is 2.10. The number of benzene rings is 2. The van der Waals surface area contributed by atoms with Gasteiger partial charge in [-0.1, -0.05) is 12.1 Å². The molecule has 2 aromatic carbocycles. The maximum Gasteiger partial charge on any atom is 0.251 e. The molecule has 0 radical (unpaired) electrons. The molecule has 0 spiro atoms. The summed E-state index contributed by atoms with van der Waals surface area (Å²) in [5.74, 6) is 0.731. The molecule has 2 N–H and O–H groups in total. The van der Waals surface area contributed by atoms with E-state index in [9.17, 15) is 4.79 Å². The number of fused-ring (bicyclic) bond motifs is 1. The number of amides is 1. The van der Waals surface area contributed by atoms with E-state index in [0.29, 0.717) is 18.5 Å². The van der Waals surface area contributed by atoms with E-state index in [2.05, 4.69) is 30.8 Å². The van der Waals surface area contributed by atoms with E-state index >= 15 is 0 Å². The van der Waals surface area contributed by atoms with E-state index in [1.54, 1.807) is 24.3 Å². The Kier molecular flexibility index (Phi) is 3.91. The molecule has 0 bridgehead atoms. The minimum absolute atomic E-state index is 0.126. The van der Waals surface area contributed by atoms with Gasteiger partial charge < -0.3 is 10.3 Å². The third-order valence-corrected chi connectivity index (χ3v) is 3.83. The molecular weight excluding hydrogens is 318 g/mol. The predicted molar refractivity (Wildman–Crippen MR) is 91.3 cm³/mol. The number of para-hydroxylation sites is 2. The molecule has 0 unspecified atom stereocenters. The summed E-state index contributed by atoms with van der Waals surface area (Å²) in [6, 6.07) is 14.9.